The molecule has 0 radical (unpaired) electrons. The second-order valence-corrected chi connectivity index (χ2v) is 13.7. The maximum atomic E-state index is 13.8. The van der Waals surface area contributed by atoms with E-state index >= 15 is 0 Å². The van der Waals surface area contributed by atoms with Crippen molar-refractivity contribution in [1.29, 1.82) is 0 Å². The summed E-state index contributed by atoms with van der Waals surface area (Å²) < 4.78 is 39.6. The highest BCUT2D eigenvalue weighted by Crippen LogP contribution is 2.26. The Kier molecular flexibility index (Phi) is 11.7. The molecule has 4 rings (SSSR count). The molecular weight excluding hydrogens is 608 g/mol. The second-order valence-electron chi connectivity index (χ2n) is 11.8. The molecule has 1 aliphatic rings. The van der Waals surface area contributed by atoms with E-state index in [2.05, 4.69) is 5.32 Å². The number of cyclic esters (lactones) is 1. The number of aliphatic hydroxyl groups is 1. The number of hydrogen-bond donors (Lipinski definition) is 2. The molecule has 3 aromatic carbocycles. The normalized spacial score (nSPS) is 16.9. The summed E-state index contributed by atoms with van der Waals surface area (Å²) in [5, 5.41) is 14.5. The molecule has 2 N–H and O–H groups in total. The van der Waals surface area contributed by atoms with E-state index in [1.165, 1.54) is 28.4 Å². The van der Waals surface area contributed by atoms with Crippen LogP contribution in [0.15, 0.2) is 83.8 Å². The van der Waals surface area contributed by atoms with Crippen molar-refractivity contribution in [1.82, 2.24) is 9.62 Å². The van der Waals surface area contributed by atoms with E-state index in [0.29, 0.717) is 11.4 Å². The van der Waals surface area contributed by atoms with Crippen LogP contribution in [-0.4, -0.2) is 88.9 Å². The van der Waals surface area contributed by atoms with E-state index in [9.17, 15) is 23.1 Å². The van der Waals surface area contributed by atoms with Gasteiger partial charge in [0.05, 0.1) is 30.7 Å². The highest BCUT2D eigenvalue weighted by molar-refractivity contribution is 7.89. The molecule has 1 heterocycles. The van der Waals surface area contributed by atoms with Gasteiger partial charge in [-0.25, -0.2) is 13.2 Å². The SMILES string of the molecule is CC[C@@H](C)CN(C[C@@H](O)[C@H](Cc1ccccc1)NC(=O)C1CN(c2cccc(N(C)C)c2)C(=O)O1)S(=O)(=O)c1ccc(OC)cc1. The number of aliphatic hydroxyl groups excluding tert-OH is 1. The fourth-order valence-corrected chi connectivity index (χ4v) is 6.73. The van der Waals surface area contributed by atoms with Crippen molar-refractivity contribution < 1.29 is 32.6 Å². The molecule has 11 nitrogen and oxygen atoms in total. The summed E-state index contributed by atoms with van der Waals surface area (Å²) in [6, 6.07) is 21.8. The summed E-state index contributed by atoms with van der Waals surface area (Å²) in [5.41, 5.74) is 2.32. The Morgan fingerprint density at radius 2 is 1.76 bits per heavy atom. The zero-order valence-corrected chi connectivity index (χ0v) is 27.8. The zero-order valence-electron chi connectivity index (χ0n) is 27.0. The monoisotopic (exact) mass is 652 g/mol. The first kappa shape index (κ1) is 34.7. The van der Waals surface area contributed by atoms with E-state index in [4.69, 9.17) is 9.47 Å². The minimum absolute atomic E-state index is 0.0114. The highest BCUT2D eigenvalue weighted by atomic mass is 32.2. The minimum Gasteiger partial charge on any atom is -0.497 e. The summed E-state index contributed by atoms with van der Waals surface area (Å²) in [5.74, 6) is -0.0435. The number of amides is 2. The molecule has 3 aromatic rings. The van der Waals surface area contributed by atoms with E-state index < -0.39 is 40.3 Å². The van der Waals surface area contributed by atoms with E-state index in [1.807, 2.05) is 81.4 Å². The molecule has 0 saturated carbocycles. The van der Waals surface area contributed by atoms with Crippen LogP contribution < -0.4 is 19.9 Å². The third-order valence-corrected chi connectivity index (χ3v) is 10.00. The lowest BCUT2D eigenvalue weighted by molar-refractivity contribution is -0.129. The summed E-state index contributed by atoms with van der Waals surface area (Å²) in [6.07, 6.45) is -2.11. The van der Waals surface area contributed by atoms with Gasteiger partial charge in [-0.05, 0) is 60.4 Å². The number of benzene rings is 3. The number of ether oxygens (including phenoxy) is 2. The van der Waals surface area contributed by atoms with Gasteiger partial charge in [0, 0.05) is 38.6 Å². The number of rotatable bonds is 15. The van der Waals surface area contributed by atoms with Crippen molar-refractivity contribution in [2.45, 2.75) is 49.8 Å². The first-order valence-corrected chi connectivity index (χ1v) is 16.8. The lowest BCUT2D eigenvalue weighted by Gasteiger charge is -2.31. The van der Waals surface area contributed by atoms with Gasteiger partial charge in [0.2, 0.25) is 10.0 Å². The van der Waals surface area contributed by atoms with E-state index in [-0.39, 0.29) is 36.9 Å². The molecule has 1 aliphatic heterocycles. The van der Waals surface area contributed by atoms with Gasteiger partial charge < -0.3 is 24.8 Å². The average molecular weight is 653 g/mol. The van der Waals surface area contributed by atoms with Crippen molar-refractivity contribution in [3.63, 3.8) is 0 Å². The Balaban J connectivity index is 1.56. The molecule has 46 heavy (non-hydrogen) atoms. The van der Waals surface area contributed by atoms with Gasteiger partial charge in [-0.3, -0.25) is 9.69 Å². The Morgan fingerprint density at radius 1 is 1.07 bits per heavy atom. The van der Waals surface area contributed by atoms with Crippen LogP contribution in [0.5, 0.6) is 5.75 Å². The largest absolute Gasteiger partial charge is 0.497 e. The number of carbonyl (C=O) groups is 2. The third kappa shape index (κ3) is 8.56. The van der Waals surface area contributed by atoms with Gasteiger partial charge in [0.1, 0.15) is 5.75 Å². The predicted octanol–water partition coefficient (Wildman–Crippen LogP) is 3.91. The van der Waals surface area contributed by atoms with Crippen LogP contribution in [0.25, 0.3) is 0 Å². The molecule has 0 bridgehead atoms. The van der Waals surface area contributed by atoms with Crippen molar-refractivity contribution in [3.8, 4) is 5.75 Å². The third-order valence-electron chi connectivity index (χ3n) is 8.15. The molecule has 1 unspecified atom stereocenters. The number of methoxy groups -OCH3 is 1. The minimum atomic E-state index is -4.01. The molecule has 12 heteroatoms. The number of nitrogens with one attached hydrogen (secondary N) is 1. The number of hydrogen-bond acceptors (Lipinski definition) is 8. The quantitative estimate of drug-likeness (QED) is 0.253. The fourth-order valence-electron chi connectivity index (χ4n) is 5.16. The van der Waals surface area contributed by atoms with Crippen molar-refractivity contribution in [2.24, 2.45) is 5.92 Å². The van der Waals surface area contributed by atoms with Gasteiger partial charge in [-0.1, -0.05) is 56.7 Å². The summed E-state index contributed by atoms with van der Waals surface area (Å²) in [7, 11) is 1.28. The molecule has 1 saturated heterocycles. The van der Waals surface area contributed by atoms with Crippen molar-refractivity contribution in [2.75, 3.05) is 50.6 Å². The van der Waals surface area contributed by atoms with Crippen molar-refractivity contribution >= 4 is 33.4 Å². The van der Waals surface area contributed by atoms with E-state index in [1.54, 1.807) is 18.2 Å². The zero-order chi connectivity index (χ0) is 33.4. The molecule has 248 valence electrons. The topological polar surface area (TPSA) is 129 Å². The van der Waals surface area contributed by atoms with Gasteiger partial charge in [-0.2, -0.15) is 4.31 Å². The molecule has 2 amide bonds. The lowest BCUT2D eigenvalue weighted by Crippen LogP contribution is -2.53. The Morgan fingerprint density at radius 3 is 2.39 bits per heavy atom. The second kappa shape index (κ2) is 15.4. The van der Waals surface area contributed by atoms with Crippen LogP contribution in [0.1, 0.15) is 25.8 Å². The first-order chi connectivity index (χ1) is 21.9. The summed E-state index contributed by atoms with van der Waals surface area (Å²) >= 11 is 0. The Hall–Kier alpha value is -4.13. The van der Waals surface area contributed by atoms with E-state index in [0.717, 1.165) is 17.7 Å². The first-order valence-electron chi connectivity index (χ1n) is 15.3. The van der Waals surface area contributed by atoms with Crippen molar-refractivity contribution in [3.05, 3.63) is 84.4 Å². The maximum absolute atomic E-state index is 13.8. The van der Waals surface area contributed by atoms with Gasteiger partial charge in [0.15, 0.2) is 6.10 Å². The van der Waals surface area contributed by atoms with Crippen LogP contribution in [0.2, 0.25) is 0 Å². The van der Waals surface area contributed by atoms with Crippen LogP contribution in [0, 0.1) is 5.92 Å². The number of carbonyl (C=O) groups excluding carboxylic acids is 2. The Bertz CT molecular complexity index is 1570. The molecular formula is C34H44N4O7S. The summed E-state index contributed by atoms with van der Waals surface area (Å²) in [6.45, 7) is 3.82. The van der Waals surface area contributed by atoms with Crippen LogP contribution in [0.4, 0.5) is 16.2 Å². The fraction of sp³-hybridized carbons (Fsp3) is 0.412. The highest BCUT2D eigenvalue weighted by Gasteiger charge is 2.39. The maximum Gasteiger partial charge on any atom is 0.415 e. The smallest absolute Gasteiger partial charge is 0.415 e. The predicted molar refractivity (Wildman–Crippen MR) is 178 cm³/mol. The average Bonchev–Trinajstić information content (AvgIpc) is 3.46. The van der Waals surface area contributed by atoms with Gasteiger partial charge in [-0.15, -0.1) is 0 Å². The lowest BCUT2D eigenvalue weighted by atomic mass is 10.0. The van der Waals surface area contributed by atoms with Gasteiger partial charge >= 0.3 is 6.09 Å². The molecule has 0 spiro atoms. The molecule has 0 aliphatic carbocycles. The van der Waals surface area contributed by atoms with Gasteiger partial charge in [0.25, 0.3) is 5.91 Å². The Labute approximate surface area is 271 Å². The number of nitrogens with zero attached hydrogens (tertiary/aromatic N) is 3. The molecule has 1 fully saturated rings. The van der Waals surface area contributed by atoms with Crippen LogP contribution in [0.3, 0.4) is 0 Å². The van der Waals surface area contributed by atoms with Crippen LogP contribution >= 0.6 is 0 Å². The standard InChI is InChI=1S/C34H44N4O7S/c1-6-24(2)21-37(46(42,43)29-17-15-28(44-5)16-18-29)22-31(39)30(19-25-11-8-7-9-12-25)35-33(40)32-23-38(34(41)45-32)27-14-10-13-26(20-27)36(3)4/h7-18,20,24,30-32,39H,6,19,21-23H2,1-5H3,(H,35,40)/t24-,30+,31-,32?/m1/s1. The summed E-state index contributed by atoms with van der Waals surface area (Å²) in [4.78, 5) is 29.8. The molecule has 4 atom stereocenters. The number of sulfonamides is 1. The van der Waals surface area contributed by atoms with Crippen LogP contribution in [-0.2, 0) is 26.0 Å². The molecule has 0 aromatic heterocycles. The number of anilines is 2.